The van der Waals surface area contributed by atoms with Crippen molar-refractivity contribution < 1.29 is 4.79 Å². The highest BCUT2D eigenvalue weighted by Crippen LogP contribution is 2.32. The fourth-order valence-electron chi connectivity index (χ4n) is 2.48. The first-order valence-corrected chi connectivity index (χ1v) is 6.82. The SMILES string of the molecule is NC1(CC(=O)Nc2ccc(-c3cnc[nH]3)cc2)CCC1. The summed E-state index contributed by atoms with van der Waals surface area (Å²) in [4.78, 5) is 19.0. The normalized spacial score (nSPS) is 16.4. The van der Waals surface area contributed by atoms with E-state index in [0.29, 0.717) is 6.42 Å². The van der Waals surface area contributed by atoms with Crippen molar-refractivity contribution in [3.05, 3.63) is 36.8 Å². The van der Waals surface area contributed by atoms with Crippen molar-refractivity contribution in [2.45, 2.75) is 31.2 Å². The largest absolute Gasteiger partial charge is 0.345 e. The van der Waals surface area contributed by atoms with Gasteiger partial charge in [-0.25, -0.2) is 4.98 Å². The number of amides is 1. The molecule has 0 radical (unpaired) electrons. The number of nitrogens with two attached hydrogens (primary N) is 1. The maximum absolute atomic E-state index is 11.9. The number of benzene rings is 1. The van der Waals surface area contributed by atoms with Gasteiger partial charge in [0.2, 0.25) is 5.91 Å². The van der Waals surface area contributed by atoms with E-state index in [1.165, 1.54) is 0 Å². The molecule has 0 unspecified atom stereocenters. The van der Waals surface area contributed by atoms with Gasteiger partial charge in [-0.2, -0.15) is 0 Å². The second kappa shape index (κ2) is 5.09. The molecule has 0 spiro atoms. The number of carbonyl (C=O) groups is 1. The molecule has 0 saturated heterocycles. The minimum absolute atomic E-state index is 0.0125. The molecule has 1 aromatic carbocycles. The Morgan fingerprint density at radius 3 is 2.65 bits per heavy atom. The van der Waals surface area contributed by atoms with E-state index in [-0.39, 0.29) is 11.4 Å². The molecule has 5 heteroatoms. The molecule has 2 aromatic rings. The van der Waals surface area contributed by atoms with Crippen molar-refractivity contribution in [1.82, 2.24) is 9.97 Å². The van der Waals surface area contributed by atoms with E-state index >= 15 is 0 Å². The smallest absolute Gasteiger partial charge is 0.226 e. The van der Waals surface area contributed by atoms with E-state index in [0.717, 1.165) is 36.2 Å². The number of aromatic nitrogens is 2. The van der Waals surface area contributed by atoms with Gasteiger partial charge in [-0.15, -0.1) is 0 Å². The van der Waals surface area contributed by atoms with Gasteiger partial charge in [0.15, 0.2) is 0 Å². The first-order chi connectivity index (χ1) is 9.65. The Morgan fingerprint density at radius 1 is 1.35 bits per heavy atom. The van der Waals surface area contributed by atoms with E-state index in [4.69, 9.17) is 5.73 Å². The van der Waals surface area contributed by atoms with Crippen molar-refractivity contribution in [1.29, 1.82) is 0 Å². The number of nitrogens with zero attached hydrogens (tertiary/aromatic N) is 1. The molecule has 1 amide bonds. The number of aromatic amines is 1. The van der Waals surface area contributed by atoms with Crippen LogP contribution in [0.5, 0.6) is 0 Å². The van der Waals surface area contributed by atoms with Crippen molar-refractivity contribution in [2.24, 2.45) is 5.73 Å². The van der Waals surface area contributed by atoms with Crippen LogP contribution in [0.2, 0.25) is 0 Å². The number of imidazole rings is 1. The summed E-state index contributed by atoms with van der Waals surface area (Å²) in [6.07, 6.45) is 6.82. The zero-order chi connectivity index (χ0) is 14.0. The zero-order valence-electron chi connectivity index (χ0n) is 11.2. The van der Waals surface area contributed by atoms with Gasteiger partial charge < -0.3 is 16.0 Å². The molecule has 4 N–H and O–H groups in total. The third-order valence-electron chi connectivity index (χ3n) is 3.84. The second-order valence-corrected chi connectivity index (χ2v) is 5.48. The highest BCUT2D eigenvalue weighted by molar-refractivity contribution is 5.91. The average Bonchev–Trinajstić information content (AvgIpc) is 2.91. The summed E-state index contributed by atoms with van der Waals surface area (Å²) in [5.41, 5.74) is 8.58. The van der Waals surface area contributed by atoms with Crippen molar-refractivity contribution in [3.8, 4) is 11.3 Å². The molecule has 0 bridgehead atoms. The molecule has 20 heavy (non-hydrogen) atoms. The Morgan fingerprint density at radius 2 is 2.10 bits per heavy atom. The molecule has 1 heterocycles. The van der Waals surface area contributed by atoms with Crippen LogP contribution in [-0.2, 0) is 4.79 Å². The van der Waals surface area contributed by atoms with Gasteiger partial charge in [0.1, 0.15) is 0 Å². The lowest BCUT2D eigenvalue weighted by Gasteiger charge is -2.37. The number of rotatable bonds is 4. The summed E-state index contributed by atoms with van der Waals surface area (Å²) in [5.74, 6) is -0.0125. The monoisotopic (exact) mass is 270 g/mol. The average molecular weight is 270 g/mol. The second-order valence-electron chi connectivity index (χ2n) is 5.48. The van der Waals surface area contributed by atoms with Gasteiger partial charge >= 0.3 is 0 Å². The van der Waals surface area contributed by atoms with Gasteiger partial charge in [0.05, 0.1) is 18.2 Å². The standard InChI is InChI=1S/C15H18N4O/c16-15(6-1-7-15)8-14(20)19-12-4-2-11(3-5-12)13-9-17-10-18-13/h2-5,9-10H,1,6-8,16H2,(H,17,18)(H,19,20). The Bertz CT molecular complexity index is 585. The molecule has 1 saturated carbocycles. The third kappa shape index (κ3) is 2.72. The molecule has 1 aliphatic carbocycles. The van der Waals surface area contributed by atoms with Crippen molar-refractivity contribution in [2.75, 3.05) is 5.32 Å². The molecule has 1 fully saturated rings. The van der Waals surface area contributed by atoms with Gasteiger partial charge in [0.25, 0.3) is 0 Å². The van der Waals surface area contributed by atoms with Gasteiger partial charge in [0, 0.05) is 17.6 Å². The molecular formula is C15H18N4O. The van der Waals surface area contributed by atoms with Gasteiger partial charge in [-0.3, -0.25) is 4.79 Å². The highest BCUT2D eigenvalue weighted by atomic mass is 16.1. The van der Waals surface area contributed by atoms with E-state index in [1.54, 1.807) is 12.5 Å². The summed E-state index contributed by atoms with van der Waals surface area (Å²) in [6.45, 7) is 0. The maximum atomic E-state index is 11.9. The Labute approximate surface area is 117 Å². The number of anilines is 1. The molecule has 0 aliphatic heterocycles. The van der Waals surface area contributed by atoms with Crippen LogP contribution in [0.4, 0.5) is 5.69 Å². The van der Waals surface area contributed by atoms with Crippen LogP contribution in [0.3, 0.4) is 0 Å². The molecule has 5 nitrogen and oxygen atoms in total. The summed E-state index contributed by atoms with van der Waals surface area (Å²) in [6, 6.07) is 7.67. The molecule has 1 aromatic heterocycles. The molecule has 3 rings (SSSR count). The lowest BCUT2D eigenvalue weighted by Crippen LogP contribution is -2.48. The predicted octanol–water partition coefficient (Wildman–Crippen LogP) is 2.29. The van der Waals surface area contributed by atoms with E-state index < -0.39 is 0 Å². The fourth-order valence-corrected chi connectivity index (χ4v) is 2.48. The lowest BCUT2D eigenvalue weighted by molar-refractivity contribution is -0.118. The van der Waals surface area contributed by atoms with Crippen LogP contribution in [0.1, 0.15) is 25.7 Å². The summed E-state index contributed by atoms with van der Waals surface area (Å²) in [5, 5.41) is 2.89. The quantitative estimate of drug-likeness (QED) is 0.797. The van der Waals surface area contributed by atoms with Crippen molar-refractivity contribution in [3.63, 3.8) is 0 Å². The third-order valence-corrected chi connectivity index (χ3v) is 3.84. The van der Waals surface area contributed by atoms with Crippen LogP contribution in [0.25, 0.3) is 11.3 Å². The Balaban J connectivity index is 1.62. The number of nitrogens with one attached hydrogen (secondary N) is 2. The first kappa shape index (κ1) is 12.9. The van der Waals surface area contributed by atoms with E-state index in [2.05, 4.69) is 15.3 Å². The minimum atomic E-state index is -0.278. The van der Waals surface area contributed by atoms with Crippen LogP contribution in [-0.4, -0.2) is 21.4 Å². The maximum Gasteiger partial charge on any atom is 0.226 e. The molecular weight excluding hydrogens is 252 g/mol. The lowest BCUT2D eigenvalue weighted by atomic mass is 9.75. The summed E-state index contributed by atoms with van der Waals surface area (Å²) >= 11 is 0. The van der Waals surface area contributed by atoms with Gasteiger partial charge in [-0.05, 0) is 37.0 Å². The molecule has 1 aliphatic rings. The van der Waals surface area contributed by atoms with Crippen LogP contribution < -0.4 is 11.1 Å². The van der Waals surface area contributed by atoms with Crippen LogP contribution in [0.15, 0.2) is 36.8 Å². The van der Waals surface area contributed by atoms with Crippen LogP contribution in [0, 0.1) is 0 Å². The number of hydrogen-bond donors (Lipinski definition) is 3. The Kier molecular flexibility index (Phi) is 3.28. The summed E-state index contributed by atoms with van der Waals surface area (Å²) in [7, 11) is 0. The van der Waals surface area contributed by atoms with E-state index in [1.807, 2.05) is 24.3 Å². The first-order valence-electron chi connectivity index (χ1n) is 6.82. The number of hydrogen-bond acceptors (Lipinski definition) is 3. The Hall–Kier alpha value is -2.14. The highest BCUT2D eigenvalue weighted by Gasteiger charge is 2.34. The van der Waals surface area contributed by atoms with Crippen LogP contribution >= 0.6 is 0 Å². The number of H-pyrrole nitrogens is 1. The summed E-state index contributed by atoms with van der Waals surface area (Å²) < 4.78 is 0. The number of carbonyl (C=O) groups excluding carboxylic acids is 1. The van der Waals surface area contributed by atoms with Gasteiger partial charge in [-0.1, -0.05) is 12.1 Å². The minimum Gasteiger partial charge on any atom is -0.345 e. The van der Waals surface area contributed by atoms with E-state index in [9.17, 15) is 4.79 Å². The fraction of sp³-hybridized carbons (Fsp3) is 0.333. The topological polar surface area (TPSA) is 83.8 Å². The predicted molar refractivity (Wildman–Crippen MR) is 78.0 cm³/mol. The zero-order valence-corrected chi connectivity index (χ0v) is 11.2. The van der Waals surface area contributed by atoms with Crippen molar-refractivity contribution >= 4 is 11.6 Å². The molecule has 0 atom stereocenters. The molecule has 104 valence electrons.